The van der Waals surface area contributed by atoms with Crippen LogP contribution in [0.15, 0.2) is 11.4 Å². The minimum absolute atomic E-state index is 0.0824. The third-order valence-electron chi connectivity index (χ3n) is 5.49. The lowest BCUT2D eigenvalue weighted by Crippen LogP contribution is -2.38. The van der Waals surface area contributed by atoms with Crippen molar-refractivity contribution in [1.29, 1.82) is 0 Å². The van der Waals surface area contributed by atoms with Crippen molar-refractivity contribution in [3.05, 3.63) is 21.9 Å². The molecule has 1 aromatic rings. The largest absolute Gasteiger partial charge is 0.381 e. The van der Waals surface area contributed by atoms with E-state index in [0.717, 1.165) is 37.5 Å². The van der Waals surface area contributed by atoms with Crippen LogP contribution in [0.4, 0.5) is 0 Å². The van der Waals surface area contributed by atoms with E-state index in [1.54, 1.807) is 11.3 Å². The zero-order valence-corrected chi connectivity index (χ0v) is 14.4. The van der Waals surface area contributed by atoms with Crippen LogP contribution in [-0.4, -0.2) is 37.7 Å². The van der Waals surface area contributed by atoms with Crippen molar-refractivity contribution in [3.8, 4) is 0 Å². The first-order chi connectivity index (χ1) is 11.3. The molecular weight excluding hydrogens is 308 g/mol. The summed E-state index contributed by atoms with van der Waals surface area (Å²) in [6, 6.07) is 3.02. The van der Waals surface area contributed by atoms with Gasteiger partial charge < -0.3 is 15.4 Å². The van der Waals surface area contributed by atoms with Gasteiger partial charge in [0.25, 0.3) is 5.91 Å². The highest BCUT2D eigenvalue weighted by molar-refractivity contribution is 7.10. The lowest BCUT2D eigenvalue weighted by atomic mass is 9.85. The highest BCUT2D eigenvalue weighted by Crippen LogP contribution is 2.44. The van der Waals surface area contributed by atoms with Gasteiger partial charge in [-0.2, -0.15) is 0 Å². The summed E-state index contributed by atoms with van der Waals surface area (Å²) in [4.78, 5) is 13.7. The zero-order valence-electron chi connectivity index (χ0n) is 13.6. The molecule has 0 radical (unpaired) electrons. The number of amides is 1. The maximum absolute atomic E-state index is 12.4. The van der Waals surface area contributed by atoms with Gasteiger partial charge in [0, 0.05) is 41.5 Å². The standard InChI is InChI=1S/C18H26N2O2S/c21-18(20-14-4-6-22-7-5-14)13-8-17(23-11-13)15-9-16(15)19-10-12-2-1-3-12/h8,11-12,14-16,19H,1-7,9-10H2,(H,20,21)/t15-,16+/m0/s1. The quantitative estimate of drug-likeness (QED) is 0.841. The number of hydrogen-bond acceptors (Lipinski definition) is 4. The van der Waals surface area contributed by atoms with Crippen molar-refractivity contribution in [3.63, 3.8) is 0 Å². The van der Waals surface area contributed by atoms with E-state index in [4.69, 9.17) is 4.74 Å². The summed E-state index contributed by atoms with van der Waals surface area (Å²) in [7, 11) is 0. The molecule has 2 heterocycles. The molecule has 0 bridgehead atoms. The molecule has 2 N–H and O–H groups in total. The summed E-state index contributed by atoms with van der Waals surface area (Å²) >= 11 is 1.74. The molecule has 23 heavy (non-hydrogen) atoms. The van der Waals surface area contributed by atoms with Gasteiger partial charge in [0.05, 0.1) is 5.56 Å². The summed E-state index contributed by atoms with van der Waals surface area (Å²) < 4.78 is 5.34. The molecule has 3 fully saturated rings. The van der Waals surface area contributed by atoms with Crippen molar-refractivity contribution in [2.45, 2.75) is 56.5 Å². The van der Waals surface area contributed by atoms with Gasteiger partial charge in [-0.3, -0.25) is 4.79 Å². The number of carbonyl (C=O) groups is 1. The minimum Gasteiger partial charge on any atom is -0.381 e. The second kappa shape index (κ2) is 6.91. The van der Waals surface area contributed by atoms with Crippen molar-refractivity contribution in [2.75, 3.05) is 19.8 Å². The monoisotopic (exact) mass is 334 g/mol. The Morgan fingerprint density at radius 1 is 1.26 bits per heavy atom. The van der Waals surface area contributed by atoms with Crippen LogP contribution in [0.5, 0.6) is 0 Å². The van der Waals surface area contributed by atoms with Gasteiger partial charge in [0.15, 0.2) is 0 Å². The summed E-state index contributed by atoms with van der Waals surface area (Å²) in [5.74, 6) is 1.63. The first-order valence-electron chi connectivity index (χ1n) is 9.00. The molecule has 4 rings (SSSR count). The van der Waals surface area contributed by atoms with E-state index < -0.39 is 0 Å². The van der Waals surface area contributed by atoms with Crippen LogP contribution in [0.2, 0.25) is 0 Å². The Hall–Kier alpha value is -0.910. The highest BCUT2D eigenvalue weighted by atomic mass is 32.1. The molecule has 1 aliphatic heterocycles. The molecule has 3 aliphatic rings. The van der Waals surface area contributed by atoms with Crippen LogP contribution in [-0.2, 0) is 4.74 Å². The molecule has 1 aromatic heterocycles. The number of ether oxygens (including phenoxy) is 1. The number of rotatable bonds is 6. The van der Waals surface area contributed by atoms with Crippen LogP contribution in [0.1, 0.15) is 59.7 Å². The number of hydrogen-bond donors (Lipinski definition) is 2. The topological polar surface area (TPSA) is 50.4 Å². The molecule has 0 aromatic carbocycles. The molecular formula is C18H26N2O2S. The van der Waals surface area contributed by atoms with E-state index in [9.17, 15) is 4.79 Å². The van der Waals surface area contributed by atoms with Gasteiger partial charge in [-0.15, -0.1) is 11.3 Å². The second-order valence-corrected chi connectivity index (χ2v) is 8.19. The fourth-order valence-corrected chi connectivity index (χ4v) is 4.60. The number of nitrogens with one attached hydrogen (secondary N) is 2. The van der Waals surface area contributed by atoms with Gasteiger partial charge >= 0.3 is 0 Å². The molecule has 2 saturated carbocycles. The lowest BCUT2D eigenvalue weighted by Gasteiger charge is -2.25. The molecule has 4 nitrogen and oxygen atoms in total. The summed E-state index contributed by atoms with van der Waals surface area (Å²) in [5, 5.41) is 8.87. The third-order valence-corrected chi connectivity index (χ3v) is 6.55. The lowest BCUT2D eigenvalue weighted by molar-refractivity contribution is 0.0696. The number of thiophene rings is 1. The minimum atomic E-state index is 0.0824. The Labute approximate surface area is 142 Å². The number of carbonyl (C=O) groups excluding carboxylic acids is 1. The van der Waals surface area contributed by atoms with Crippen LogP contribution in [0.3, 0.4) is 0 Å². The molecule has 1 saturated heterocycles. The van der Waals surface area contributed by atoms with Gasteiger partial charge in [0.1, 0.15) is 0 Å². The summed E-state index contributed by atoms with van der Waals surface area (Å²) in [5.41, 5.74) is 0.834. The Morgan fingerprint density at radius 3 is 2.83 bits per heavy atom. The van der Waals surface area contributed by atoms with Crippen LogP contribution >= 0.6 is 11.3 Å². The Balaban J connectivity index is 1.26. The molecule has 1 amide bonds. The van der Waals surface area contributed by atoms with Gasteiger partial charge in [-0.1, -0.05) is 6.42 Å². The molecule has 0 unspecified atom stereocenters. The van der Waals surface area contributed by atoms with Crippen molar-refractivity contribution in [2.24, 2.45) is 5.92 Å². The van der Waals surface area contributed by atoms with Crippen molar-refractivity contribution >= 4 is 17.2 Å². The first kappa shape index (κ1) is 15.6. The average molecular weight is 334 g/mol. The van der Waals surface area contributed by atoms with Crippen molar-refractivity contribution in [1.82, 2.24) is 10.6 Å². The Morgan fingerprint density at radius 2 is 2.09 bits per heavy atom. The second-order valence-electron chi connectivity index (χ2n) is 7.25. The van der Waals surface area contributed by atoms with Gasteiger partial charge in [-0.25, -0.2) is 0 Å². The van der Waals surface area contributed by atoms with E-state index in [2.05, 4.69) is 16.7 Å². The maximum atomic E-state index is 12.4. The first-order valence-corrected chi connectivity index (χ1v) is 9.88. The van der Waals surface area contributed by atoms with Crippen LogP contribution in [0.25, 0.3) is 0 Å². The predicted octanol–water partition coefficient (Wildman–Crippen LogP) is 2.90. The molecule has 2 aliphatic carbocycles. The fourth-order valence-electron chi connectivity index (χ4n) is 3.53. The van der Waals surface area contributed by atoms with Crippen molar-refractivity contribution < 1.29 is 9.53 Å². The normalized spacial score (nSPS) is 28.3. The highest BCUT2D eigenvalue weighted by Gasteiger charge is 2.39. The summed E-state index contributed by atoms with van der Waals surface area (Å²) in [6.07, 6.45) is 7.31. The fraction of sp³-hybridized carbons (Fsp3) is 0.722. The van der Waals surface area contributed by atoms with E-state index >= 15 is 0 Å². The van der Waals surface area contributed by atoms with E-state index in [1.807, 2.05) is 5.38 Å². The Bertz CT molecular complexity index is 549. The molecule has 2 atom stereocenters. The SMILES string of the molecule is O=C(NC1CCOCC1)c1csc([C@H]2C[C@H]2NCC2CCC2)c1. The predicted molar refractivity (Wildman–Crippen MR) is 92.1 cm³/mol. The third kappa shape index (κ3) is 3.78. The van der Waals surface area contributed by atoms with Crippen LogP contribution < -0.4 is 10.6 Å². The average Bonchev–Trinajstić information content (AvgIpc) is 3.11. The molecule has 126 valence electrons. The zero-order chi connectivity index (χ0) is 15.6. The van der Waals surface area contributed by atoms with Gasteiger partial charge in [-0.05, 0) is 50.6 Å². The Kier molecular flexibility index (Phi) is 4.69. The van der Waals surface area contributed by atoms with E-state index in [0.29, 0.717) is 12.0 Å². The van der Waals surface area contributed by atoms with E-state index in [1.165, 1.54) is 37.1 Å². The summed E-state index contributed by atoms with van der Waals surface area (Å²) in [6.45, 7) is 2.70. The van der Waals surface area contributed by atoms with Gasteiger partial charge in [0.2, 0.25) is 0 Å². The van der Waals surface area contributed by atoms with E-state index in [-0.39, 0.29) is 11.9 Å². The molecule has 5 heteroatoms. The van der Waals surface area contributed by atoms with Crippen LogP contribution in [0, 0.1) is 5.92 Å². The smallest absolute Gasteiger partial charge is 0.252 e. The maximum Gasteiger partial charge on any atom is 0.252 e. The molecule has 0 spiro atoms.